The molecular formula is C31H62N4O2S. The van der Waals surface area contributed by atoms with Gasteiger partial charge < -0.3 is 20.7 Å². The van der Waals surface area contributed by atoms with E-state index in [-0.39, 0.29) is 5.41 Å². The van der Waals surface area contributed by atoms with Crippen LogP contribution in [0.5, 0.6) is 0 Å². The molecular weight excluding hydrogens is 492 g/mol. The summed E-state index contributed by atoms with van der Waals surface area (Å²) in [6.07, 6.45) is 16.8. The number of piperidine rings is 1. The lowest BCUT2D eigenvalue weighted by Gasteiger charge is -2.32. The van der Waals surface area contributed by atoms with Gasteiger partial charge in [-0.05, 0) is 92.9 Å². The van der Waals surface area contributed by atoms with Crippen molar-refractivity contribution in [3.8, 4) is 0 Å². The molecule has 0 aromatic carbocycles. The van der Waals surface area contributed by atoms with Gasteiger partial charge in [0.2, 0.25) is 6.41 Å². The zero-order valence-electron chi connectivity index (χ0n) is 26.5. The number of hydrogen-bond acceptors (Lipinski definition) is 6. The Morgan fingerprint density at radius 3 is 1.97 bits per heavy atom. The van der Waals surface area contributed by atoms with Crippen LogP contribution in [-0.4, -0.2) is 63.1 Å². The van der Waals surface area contributed by atoms with Gasteiger partial charge in [0.05, 0.1) is 0 Å². The van der Waals surface area contributed by atoms with Gasteiger partial charge in [-0.15, -0.1) is 0 Å². The largest absolute Gasteiger partial charge is 0.362 e. The Balaban J connectivity index is -0.000000444. The lowest BCUT2D eigenvalue weighted by Crippen LogP contribution is -2.34. The van der Waals surface area contributed by atoms with E-state index in [2.05, 4.69) is 74.1 Å². The standard InChI is InChI=1S/C11H21NO.C9H14.C8H17NS.C2H5NO.CH5N/c1-11(2,9-13)8-10-4-6-12(3)7-5-10;1-5-9(4)7-6-8(2)3;1-3-10-9-8(2)6-4-5-7-8;1-3-2-4;1-2/h9-10H,4-8H2,1-3H3;5-7H,1H2,2-4H3;9H,3-7H2,1-2H3;2H,1H3,(H,3,4);2H2,1H3/b;9-7-;;;. The van der Waals surface area contributed by atoms with Gasteiger partial charge in [0.15, 0.2) is 0 Å². The normalized spacial score (nSPS) is 16.9. The first-order chi connectivity index (χ1) is 17.9. The number of nitrogens with one attached hydrogen (secondary N) is 2. The highest BCUT2D eigenvalue weighted by molar-refractivity contribution is 7.97. The summed E-state index contributed by atoms with van der Waals surface area (Å²) < 4.78 is 3.52. The Bertz CT molecular complexity index is 644. The monoisotopic (exact) mass is 554 g/mol. The van der Waals surface area contributed by atoms with Gasteiger partial charge in [-0.2, -0.15) is 0 Å². The molecule has 0 atom stereocenters. The van der Waals surface area contributed by atoms with E-state index in [4.69, 9.17) is 4.79 Å². The first-order valence-corrected chi connectivity index (χ1v) is 15.0. The Labute approximate surface area is 240 Å². The molecule has 1 aliphatic heterocycles. The average Bonchev–Trinajstić information content (AvgIpc) is 3.35. The second-order valence-electron chi connectivity index (χ2n) is 11.1. The quantitative estimate of drug-likeness (QED) is 0.170. The topological polar surface area (TPSA) is 87.5 Å². The maximum atomic E-state index is 10.8. The number of allylic oxidation sites excluding steroid dienone is 5. The second-order valence-corrected chi connectivity index (χ2v) is 12.2. The fourth-order valence-electron chi connectivity index (χ4n) is 3.93. The number of likely N-dealkylation sites (tertiary alicyclic amines) is 1. The zero-order chi connectivity index (χ0) is 30.0. The van der Waals surface area contributed by atoms with Crippen LogP contribution in [0.3, 0.4) is 0 Å². The van der Waals surface area contributed by atoms with E-state index in [1.54, 1.807) is 7.05 Å². The Morgan fingerprint density at radius 2 is 1.61 bits per heavy atom. The third kappa shape index (κ3) is 26.2. The van der Waals surface area contributed by atoms with Crippen LogP contribution in [0.2, 0.25) is 0 Å². The van der Waals surface area contributed by atoms with E-state index in [0.29, 0.717) is 11.9 Å². The summed E-state index contributed by atoms with van der Waals surface area (Å²) in [6.45, 7) is 20.8. The van der Waals surface area contributed by atoms with E-state index in [1.807, 2.05) is 38.8 Å². The molecule has 1 heterocycles. The Hall–Kier alpha value is -1.41. The molecule has 0 spiro atoms. The summed E-state index contributed by atoms with van der Waals surface area (Å²) in [5, 5.41) is 2.25. The lowest BCUT2D eigenvalue weighted by molar-refractivity contribution is -0.115. The van der Waals surface area contributed by atoms with Gasteiger partial charge in [0.25, 0.3) is 0 Å². The molecule has 1 saturated heterocycles. The van der Waals surface area contributed by atoms with Crippen molar-refractivity contribution >= 4 is 24.6 Å². The molecule has 0 aromatic heterocycles. The molecule has 0 unspecified atom stereocenters. The molecule has 1 saturated carbocycles. The van der Waals surface area contributed by atoms with Gasteiger partial charge in [-0.3, -0.25) is 9.52 Å². The fourth-order valence-corrected chi connectivity index (χ4v) is 4.63. The molecule has 7 heteroatoms. The van der Waals surface area contributed by atoms with Crippen LogP contribution < -0.4 is 15.8 Å². The second kappa shape index (κ2) is 25.8. The minimum atomic E-state index is -0.111. The van der Waals surface area contributed by atoms with Crippen LogP contribution in [0, 0.1) is 11.3 Å². The number of nitrogens with zero attached hydrogens (tertiary/aromatic N) is 1. The van der Waals surface area contributed by atoms with Gasteiger partial charge in [-0.1, -0.05) is 81.5 Å². The molecule has 6 nitrogen and oxygen atoms in total. The third-order valence-electron chi connectivity index (χ3n) is 6.26. The molecule has 1 aliphatic carbocycles. The van der Waals surface area contributed by atoms with Crippen LogP contribution in [-0.2, 0) is 9.59 Å². The van der Waals surface area contributed by atoms with Crippen LogP contribution in [0.25, 0.3) is 0 Å². The first kappa shape index (κ1) is 41.1. The van der Waals surface area contributed by atoms with E-state index < -0.39 is 0 Å². The van der Waals surface area contributed by atoms with E-state index >= 15 is 0 Å². The molecule has 224 valence electrons. The minimum Gasteiger partial charge on any atom is -0.362 e. The predicted molar refractivity (Wildman–Crippen MR) is 171 cm³/mol. The number of carbonyl (C=O) groups is 2. The highest BCUT2D eigenvalue weighted by atomic mass is 32.2. The molecule has 4 N–H and O–H groups in total. The maximum absolute atomic E-state index is 10.8. The zero-order valence-corrected chi connectivity index (χ0v) is 27.3. The van der Waals surface area contributed by atoms with Crippen molar-refractivity contribution in [2.24, 2.45) is 17.1 Å². The molecule has 38 heavy (non-hydrogen) atoms. The minimum absolute atomic E-state index is 0.111. The molecule has 2 rings (SSSR count). The van der Waals surface area contributed by atoms with E-state index in [9.17, 15) is 4.79 Å². The van der Waals surface area contributed by atoms with Crippen molar-refractivity contribution in [1.82, 2.24) is 14.9 Å². The van der Waals surface area contributed by atoms with Gasteiger partial charge in [0.1, 0.15) is 6.29 Å². The predicted octanol–water partition coefficient (Wildman–Crippen LogP) is 6.54. The average molecular weight is 555 g/mol. The number of nitrogens with two attached hydrogens (primary N) is 1. The van der Waals surface area contributed by atoms with Gasteiger partial charge in [-0.25, -0.2) is 0 Å². The number of aldehydes is 1. The van der Waals surface area contributed by atoms with Crippen molar-refractivity contribution in [3.63, 3.8) is 0 Å². The van der Waals surface area contributed by atoms with Crippen molar-refractivity contribution in [1.29, 1.82) is 0 Å². The SMILES string of the molecule is C=C/C(C)=C\C=C(C)C.CCSNC1(C)CCCC1.CN.CN1CCC(CC(C)(C)C=O)CC1.CNC=O. The van der Waals surface area contributed by atoms with Gasteiger partial charge in [0, 0.05) is 23.8 Å². The fraction of sp³-hybridized carbons (Fsp3) is 0.742. The van der Waals surface area contributed by atoms with E-state index in [0.717, 1.165) is 18.6 Å². The summed E-state index contributed by atoms with van der Waals surface area (Å²) in [5.74, 6) is 1.94. The summed E-state index contributed by atoms with van der Waals surface area (Å²) in [4.78, 5) is 22.2. The van der Waals surface area contributed by atoms with Crippen molar-refractivity contribution < 1.29 is 9.59 Å². The molecule has 0 bridgehead atoms. The van der Waals surface area contributed by atoms with Crippen LogP contribution >= 0.6 is 11.9 Å². The van der Waals surface area contributed by atoms with Crippen LogP contribution in [0.1, 0.15) is 93.4 Å². The molecule has 1 amide bonds. The number of hydrogen-bond donors (Lipinski definition) is 3. The summed E-state index contributed by atoms with van der Waals surface area (Å²) in [7, 11) is 5.23. The first-order valence-electron chi connectivity index (χ1n) is 14.0. The molecule has 2 aliphatic rings. The van der Waals surface area contributed by atoms with Crippen LogP contribution in [0.4, 0.5) is 0 Å². The number of rotatable bonds is 9. The van der Waals surface area contributed by atoms with Crippen molar-refractivity contribution in [2.75, 3.05) is 40.0 Å². The molecule has 2 fully saturated rings. The molecule has 0 radical (unpaired) electrons. The Kier molecular flexibility index (Phi) is 27.9. The number of amides is 1. The third-order valence-corrected chi connectivity index (χ3v) is 7.19. The summed E-state index contributed by atoms with van der Waals surface area (Å²) in [6, 6.07) is 0. The molecule has 0 aromatic rings. The summed E-state index contributed by atoms with van der Waals surface area (Å²) >= 11 is 1.85. The van der Waals surface area contributed by atoms with Crippen molar-refractivity contribution in [3.05, 3.63) is 36.0 Å². The highest BCUT2D eigenvalue weighted by Gasteiger charge is 2.27. The lowest BCUT2D eigenvalue weighted by atomic mass is 9.80. The highest BCUT2D eigenvalue weighted by Crippen LogP contribution is 2.30. The number of carbonyl (C=O) groups excluding carboxylic acids is 2. The van der Waals surface area contributed by atoms with Gasteiger partial charge >= 0.3 is 0 Å². The van der Waals surface area contributed by atoms with Crippen LogP contribution in [0.15, 0.2) is 36.0 Å². The van der Waals surface area contributed by atoms with E-state index in [1.165, 1.54) is 75.6 Å². The summed E-state index contributed by atoms with van der Waals surface area (Å²) in [5.41, 5.74) is 7.37. The Morgan fingerprint density at radius 1 is 1.11 bits per heavy atom. The van der Waals surface area contributed by atoms with Crippen molar-refractivity contribution in [2.45, 2.75) is 99.0 Å². The smallest absolute Gasteiger partial charge is 0.206 e. The maximum Gasteiger partial charge on any atom is 0.206 e.